The van der Waals surface area contributed by atoms with Gasteiger partial charge in [-0.25, -0.2) is 15.0 Å². The number of furan rings is 1. The standard InChI is InChI=1S/C50H29N5OS/c1-5-16-41-35(12-1)36-13-2-6-17-42(36)55(41)34-11-9-10-32(26-34)30-20-22-31(23-21-30)48-52-49(33-24-25-38-37-14-4-8-19-45(37)57-46(38)27-33)54-50(53-48)40-28-51-29-44-47(40)39-15-3-7-18-43(39)56-44/h1-29H. The van der Waals surface area contributed by atoms with E-state index in [1.54, 1.807) is 17.5 Å². The lowest BCUT2D eigenvalue weighted by Gasteiger charge is -2.11. The summed E-state index contributed by atoms with van der Waals surface area (Å²) in [6.45, 7) is 0. The Morgan fingerprint density at radius 2 is 1.05 bits per heavy atom. The van der Waals surface area contributed by atoms with Crippen LogP contribution in [0, 0.1) is 0 Å². The first-order valence-electron chi connectivity index (χ1n) is 18.9. The van der Waals surface area contributed by atoms with Crippen LogP contribution in [0.4, 0.5) is 0 Å². The first-order valence-corrected chi connectivity index (χ1v) is 19.7. The van der Waals surface area contributed by atoms with Crippen LogP contribution in [0.3, 0.4) is 0 Å². The van der Waals surface area contributed by atoms with Gasteiger partial charge >= 0.3 is 0 Å². The fraction of sp³-hybridized carbons (Fsp3) is 0. The topological polar surface area (TPSA) is 69.6 Å². The van der Waals surface area contributed by atoms with E-state index >= 15 is 0 Å². The summed E-state index contributed by atoms with van der Waals surface area (Å²) in [5.41, 5.74) is 9.82. The number of para-hydroxylation sites is 3. The lowest BCUT2D eigenvalue weighted by atomic mass is 10.0. The molecule has 0 aliphatic heterocycles. The molecular formula is C50H29N5OS. The minimum Gasteiger partial charge on any atom is -0.454 e. The Bertz CT molecular complexity index is 3490. The Hall–Kier alpha value is -7.48. The largest absolute Gasteiger partial charge is 0.454 e. The van der Waals surface area contributed by atoms with Gasteiger partial charge in [0.2, 0.25) is 0 Å². The van der Waals surface area contributed by atoms with Gasteiger partial charge in [-0.15, -0.1) is 11.3 Å². The highest BCUT2D eigenvalue weighted by Crippen LogP contribution is 2.39. The summed E-state index contributed by atoms with van der Waals surface area (Å²) in [7, 11) is 0. The normalized spacial score (nSPS) is 11.9. The molecule has 0 saturated carbocycles. The number of fused-ring (bicyclic) bond motifs is 9. The van der Waals surface area contributed by atoms with E-state index in [0.29, 0.717) is 23.1 Å². The molecule has 0 aliphatic carbocycles. The number of thiophene rings is 1. The molecule has 0 N–H and O–H groups in total. The Kier molecular flexibility index (Phi) is 7.00. The zero-order valence-corrected chi connectivity index (χ0v) is 31.1. The molecule has 0 fully saturated rings. The van der Waals surface area contributed by atoms with Crippen LogP contribution in [-0.4, -0.2) is 24.5 Å². The number of aromatic nitrogens is 5. The predicted octanol–water partition coefficient (Wildman–Crippen LogP) is 13.3. The lowest BCUT2D eigenvalue weighted by molar-refractivity contribution is 0.667. The van der Waals surface area contributed by atoms with Crippen LogP contribution in [0.5, 0.6) is 0 Å². The first kappa shape index (κ1) is 31.8. The minimum absolute atomic E-state index is 0.541. The number of pyridine rings is 1. The summed E-state index contributed by atoms with van der Waals surface area (Å²) in [6, 6.07) is 57.5. The van der Waals surface area contributed by atoms with E-state index in [1.807, 2.05) is 24.4 Å². The fourth-order valence-electron chi connectivity index (χ4n) is 8.30. The molecule has 5 aromatic heterocycles. The van der Waals surface area contributed by atoms with Gasteiger partial charge in [0.05, 0.1) is 17.2 Å². The van der Waals surface area contributed by atoms with Crippen LogP contribution in [0.25, 0.3) is 115 Å². The number of benzene rings is 7. The van der Waals surface area contributed by atoms with Crippen molar-refractivity contribution in [2.45, 2.75) is 0 Å². The van der Waals surface area contributed by atoms with Crippen LogP contribution in [0.1, 0.15) is 0 Å². The summed E-state index contributed by atoms with van der Waals surface area (Å²) >= 11 is 1.78. The van der Waals surface area contributed by atoms with Gasteiger partial charge in [0, 0.05) is 70.3 Å². The molecule has 12 aromatic rings. The second-order valence-corrected chi connectivity index (χ2v) is 15.4. The first-order chi connectivity index (χ1) is 28.2. The number of hydrogen-bond acceptors (Lipinski definition) is 6. The molecule has 7 aromatic carbocycles. The van der Waals surface area contributed by atoms with E-state index in [9.17, 15) is 0 Å². The summed E-state index contributed by atoms with van der Waals surface area (Å²) in [6.07, 6.45) is 3.59. The van der Waals surface area contributed by atoms with Gasteiger partial charge in [-0.2, -0.15) is 0 Å². The predicted molar refractivity (Wildman–Crippen MR) is 234 cm³/mol. The van der Waals surface area contributed by atoms with Gasteiger partial charge in [-0.05, 0) is 53.6 Å². The second-order valence-electron chi connectivity index (χ2n) is 14.3. The third kappa shape index (κ3) is 5.10. The van der Waals surface area contributed by atoms with E-state index in [2.05, 4.69) is 155 Å². The molecule has 5 heterocycles. The third-order valence-corrected chi connectivity index (χ3v) is 12.1. The van der Waals surface area contributed by atoms with Crippen molar-refractivity contribution >= 4 is 75.3 Å². The Labute approximate surface area is 330 Å². The van der Waals surface area contributed by atoms with Gasteiger partial charge in [-0.1, -0.05) is 121 Å². The van der Waals surface area contributed by atoms with E-state index in [1.165, 1.54) is 42.0 Å². The maximum atomic E-state index is 6.22. The van der Waals surface area contributed by atoms with Gasteiger partial charge in [-0.3, -0.25) is 4.98 Å². The number of hydrogen-bond donors (Lipinski definition) is 0. The number of nitrogens with zero attached hydrogens (tertiary/aromatic N) is 5. The molecule has 0 aliphatic rings. The van der Waals surface area contributed by atoms with Crippen molar-refractivity contribution in [3.63, 3.8) is 0 Å². The van der Waals surface area contributed by atoms with Crippen molar-refractivity contribution in [2.24, 2.45) is 0 Å². The Balaban J connectivity index is 0.991. The molecule has 0 unspecified atom stereocenters. The zero-order chi connectivity index (χ0) is 37.5. The van der Waals surface area contributed by atoms with E-state index in [0.717, 1.165) is 49.9 Å². The van der Waals surface area contributed by atoms with Crippen LogP contribution < -0.4 is 0 Å². The van der Waals surface area contributed by atoms with Crippen molar-refractivity contribution in [3.8, 4) is 51.0 Å². The molecule has 0 atom stereocenters. The molecular weight excluding hydrogens is 719 g/mol. The Morgan fingerprint density at radius 1 is 0.421 bits per heavy atom. The average Bonchev–Trinajstić information content (AvgIpc) is 3.96. The molecule has 0 bridgehead atoms. The highest BCUT2D eigenvalue weighted by atomic mass is 32.1. The minimum atomic E-state index is 0.541. The van der Waals surface area contributed by atoms with Crippen LogP contribution >= 0.6 is 11.3 Å². The zero-order valence-electron chi connectivity index (χ0n) is 30.3. The van der Waals surface area contributed by atoms with Crippen molar-refractivity contribution in [2.75, 3.05) is 0 Å². The molecule has 0 saturated heterocycles. The van der Waals surface area contributed by atoms with Crippen molar-refractivity contribution in [3.05, 3.63) is 176 Å². The molecule has 0 radical (unpaired) electrons. The van der Waals surface area contributed by atoms with Crippen LogP contribution in [-0.2, 0) is 0 Å². The summed E-state index contributed by atoms with van der Waals surface area (Å²) in [4.78, 5) is 20.0. The van der Waals surface area contributed by atoms with Crippen molar-refractivity contribution in [1.82, 2.24) is 24.5 Å². The van der Waals surface area contributed by atoms with E-state index in [-0.39, 0.29) is 0 Å². The Morgan fingerprint density at radius 3 is 1.86 bits per heavy atom. The van der Waals surface area contributed by atoms with Gasteiger partial charge < -0.3 is 8.98 Å². The molecule has 12 rings (SSSR count). The monoisotopic (exact) mass is 747 g/mol. The molecule has 7 heteroatoms. The molecule has 266 valence electrons. The summed E-state index contributed by atoms with van der Waals surface area (Å²) < 4.78 is 11.0. The van der Waals surface area contributed by atoms with Crippen LogP contribution in [0.15, 0.2) is 181 Å². The molecule has 6 nitrogen and oxygen atoms in total. The summed E-state index contributed by atoms with van der Waals surface area (Å²) in [5, 5.41) is 6.90. The maximum absolute atomic E-state index is 6.22. The highest BCUT2D eigenvalue weighted by molar-refractivity contribution is 7.25. The molecule has 0 spiro atoms. The van der Waals surface area contributed by atoms with E-state index in [4.69, 9.17) is 19.4 Å². The second kappa shape index (κ2) is 12.5. The van der Waals surface area contributed by atoms with Crippen LogP contribution in [0.2, 0.25) is 0 Å². The fourth-order valence-corrected chi connectivity index (χ4v) is 9.45. The smallest absolute Gasteiger partial charge is 0.166 e. The van der Waals surface area contributed by atoms with Gasteiger partial charge in [0.25, 0.3) is 0 Å². The van der Waals surface area contributed by atoms with Crippen molar-refractivity contribution in [1.29, 1.82) is 0 Å². The molecule has 57 heavy (non-hydrogen) atoms. The van der Waals surface area contributed by atoms with Crippen molar-refractivity contribution < 1.29 is 4.42 Å². The highest BCUT2D eigenvalue weighted by Gasteiger charge is 2.19. The van der Waals surface area contributed by atoms with Gasteiger partial charge in [0.15, 0.2) is 23.1 Å². The molecule has 0 amide bonds. The number of rotatable bonds is 5. The maximum Gasteiger partial charge on any atom is 0.166 e. The SMILES string of the molecule is c1cc(-c2ccc(-c3nc(-c4ccc5c(c4)sc4ccccc45)nc(-c4cncc5oc6ccccc6c45)n3)cc2)cc(-n2c3ccccc3c3ccccc32)c1. The quantitative estimate of drug-likeness (QED) is 0.175. The van der Waals surface area contributed by atoms with E-state index < -0.39 is 0 Å². The van der Waals surface area contributed by atoms with Gasteiger partial charge in [0.1, 0.15) is 5.58 Å². The lowest BCUT2D eigenvalue weighted by Crippen LogP contribution is -2.00. The summed E-state index contributed by atoms with van der Waals surface area (Å²) in [5.74, 6) is 1.72. The third-order valence-electron chi connectivity index (χ3n) is 11.0. The average molecular weight is 748 g/mol.